The van der Waals surface area contributed by atoms with Crippen molar-refractivity contribution in [3.63, 3.8) is 0 Å². The minimum Gasteiger partial charge on any atom is -0.484 e. The summed E-state index contributed by atoms with van der Waals surface area (Å²) in [5.74, 6) is 1.40. The van der Waals surface area contributed by atoms with Crippen LogP contribution in [0.15, 0.2) is 53.1 Å². The molecule has 2 aromatic carbocycles. The van der Waals surface area contributed by atoms with Gasteiger partial charge < -0.3 is 14.6 Å². The molecule has 0 unspecified atom stereocenters. The summed E-state index contributed by atoms with van der Waals surface area (Å²) in [5.41, 5.74) is 2.46. The van der Waals surface area contributed by atoms with Crippen LogP contribution in [-0.2, 0) is 4.79 Å². The van der Waals surface area contributed by atoms with Crippen LogP contribution in [0.5, 0.6) is 5.75 Å². The summed E-state index contributed by atoms with van der Waals surface area (Å²) in [6.45, 7) is 3.66. The standard InChI is InChI=1S/C18H17N3O3/c1-12-5-3-8-16(9-12)23-11-17(22)20-15-7-4-6-14(10-15)18-19-13(2)21-24-18/h3-10H,11H2,1-2H3,(H,20,22). The van der Waals surface area contributed by atoms with E-state index in [1.807, 2.05) is 43.3 Å². The first-order valence-electron chi connectivity index (χ1n) is 7.50. The predicted molar refractivity (Wildman–Crippen MR) is 89.8 cm³/mol. The highest BCUT2D eigenvalue weighted by atomic mass is 16.5. The second kappa shape index (κ2) is 6.95. The molecule has 3 aromatic rings. The number of ether oxygens (including phenoxy) is 1. The Morgan fingerprint density at radius 2 is 2.00 bits per heavy atom. The number of nitrogens with one attached hydrogen (secondary N) is 1. The zero-order valence-corrected chi connectivity index (χ0v) is 13.4. The second-order valence-corrected chi connectivity index (χ2v) is 5.38. The number of hydrogen-bond donors (Lipinski definition) is 1. The average Bonchev–Trinajstić information content (AvgIpc) is 3.00. The largest absolute Gasteiger partial charge is 0.484 e. The average molecular weight is 323 g/mol. The van der Waals surface area contributed by atoms with Crippen molar-refractivity contribution in [1.82, 2.24) is 10.1 Å². The van der Waals surface area contributed by atoms with Crippen LogP contribution in [0.3, 0.4) is 0 Å². The van der Waals surface area contributed by atoms with Crippen molar-refractivity contribution < 1.29 is 14.1 Å². The summed E-state index contributed by atoms with van der Waals surface area (Å²) in [6.07, 6.45) is 0. The number of benzene rings is 2. The SMILES string of the molecule is Cc1cccc(OCC(=O)Nc2cccc(-c3nc(C)no3)c2)c1. The normalized spacial score (nSPS) is 10.4. The zero-order valence-electron chi connectivity index (χ0n) is 13.4. The van der Waals surface area contributed by atoms with Crippen molar-refractivity contribution >= 4 is 11.6 Å². The second-order valence-electron chi connectivity index (χ2n) is 5.38. The molecule has 0 saturated heterocycles. The van der Waals surface area contributed by atoms with Crippen LogP contribution in [-0.4, -0.2) is 22.7 Å². The quantitative estimate of drug-likeness (QED) is 0.779. The molecule has 0 saturated carbocycles. The van der Waals surface area contributed by atoms with E-state index in [9.17, 15) is 4.79 Å². The van der Waals surface area contributed by atoms with Gasteiger partial charge >= 0.3 is 0 Å². The summed E-state index contributed by atoms with van der Waals surface area (Å²) in [4.78, 5) is 16.2. The topological polar surface area (TPSA) is 77.2 Å². The van der Waals surface area contributed by atoms with Gasteiger partial charge in [-0.05, 0) is 49.7 Å². The Morgan fingerprint density at radius 1 is 1.17 bits per heavy atom. The molecule has 3 rings (SSSR count). The van der Waals surface area contributed by atoms with Crippen molar-refractivity contribution in [1.29, 1.82) is 0 Å². The maximum Gasteiger partial charge on any atom is 0.262 e. The van der Waals surface area contributed by atoms with E-state index in [1.165, 1.54) is 0 Å². The van der Waals surface area contributed by atoms with Gasteiger partial charge in [-0.1, -0.05) is 23.4 Å². The summed E-state index contributed by atoms with van der Waals surface area (Å²) in [5, 5.41) is 6.55. The number of rotatable bonds is 5. The van der Waals surface area contributed by atoms with E-state index in [2.05, 4.69) is 15.5 Å². The highest BCUT2D eigenvalue weighted by Gasteiger charge is 2.09. The third-order valence-corrected chi connectivity index (χ3v) is 3.28. The fraction of sp³-hybridized carbons (Fsp3) is 0.167. The van der Waals surface area contributed by atoms with E-state index in [4.69, 9.17) is 9.26 Å². The lowest BCUT2D eigenvalue weighted by Gasteiger charge is -2.08. The van der Waals surface area contributed by atoms with Crippen molar-refractivity contribution in [2.45, 2.75) is 13.8 Å². The number of nitrogens with zero attached hydrogens (tertiary/aromatic N) is 2. The van der Waals surface area contributed by atoms with Gasteiger partial charge in [0, 0.05) is 11.3 Å². The molecule has 1 N–H and O–H groups in total. The van der Waals surface area contributed by atoms with Crippen LogP contribution < -0.4 is 10.1 Å². The molecule has 0 fully saturated rings. The first-order chi connectivity index (χ1) is 11.6. The lowest BCUT2D eigenvalue weighted by atomic mass is 10.2. The molecule has 6 heteroatoms. The molecule has 1 heterocycles. The van der Waals surface area contributed by atoms with Crippen molar-refractivity contribution in [2.75, 3.05) is 11.9 Å². The van der Waals surface area contributed by atoms with E-state index in [0.717, 1.165) is 11.1 Å². The van der Waals surface area contributed by atoms with Crippen LogP contribution in [0.1, 0.15) is 11.4 Å². The first kappa shape index (κ1) is 15.7. The van der Waals surface area contributed by atoms with Gasteiger partial charge in [-0.2, -0.15) is 4.98 Å². The molecule has 0 atom stereocenters. The van der Waals surface area contributed by atoms with Crippen LogP contribution in [0, 0.1) is 13.8 Å². The Morgan fingerprint density at radius 3 is 2.75 bits per heavy atom. The minimum absolute atomic E-state index is 0.0622. The molecule has 0 aliphatic rings. The Labute approximate surface area is 139 Å². The van der Waals surface area contributed by atoms with E-state index in [-0.39, 0.29) is 12.5 Å². The summed E-state index contributed by atoms with van der Waals surface area (Å²) in [7, 11) is 0. The third kappa shape index (κ3) is 3.98. The molecule has 6 nitrogen and oxygen atoms in total. The van der Waals surface area contributed by atoms with Gasteiger partial charge in [0.15, 0.2) is 12.4 Å². The Bertz CT molecular complexity index is 858. The molecule has 1 amide bonds. The van der Waals surface area contributed by atoms with Crippen LogP contribution in [0.25, 0.3) is 11.5 Å². The summed E-state index contributed by atoms with van der Waals surface area (Å²) in [6, 6.07) is 14.8. The molecule has 122 valence electrons. The molecule has 1 aromatic heterocycles. The van der Waals surface area contributed by atoms with E-state index < -0.39 is 0 Å². The van der Waals surface area contributed by atoms with Gasteiger partial charge in [-0.25, -0.2) is 0 Å². The van der Waals surface area contributed by atoms with Gasteiger partial charge in [-0.3, -0.25) is 4.79 Å². The number of carbonyl (C=O) groups is 1. The van der Waals surface area contributed by atoms with Crippen LogP contribution >= 0.6 is 0 Å². The third-order valence-electron chi connectivity index (χ3n) is 3.28. The maximum atomic E-state index is 12.0. The van der Waals surface area contributed by atoms with Gasteiger partial charge in [0.2, 0.25) is 0 Å². The molecule has 0 aliphatic heterocycles. The Balaban J connectivity index is 1.62. The Kier molecular flexibility index (Phi) is 4.56. The fourth-order valence-corrected chi connectivity index (χ4v) is 2.20. The van der Waals surface area contributed by atoms with Crippen molar-refractivity contribution in [3.05, 3.63) is 59.9 Å². The number of hydrogen-bond acceptors (Lipinski definition) is 5. The molecular formula is C18H17N3O3. The molecule has 0 radical (unpaired) electrons. The smallest absolute Gasteiger partial charge is 0.262 e. The van der Waals surface area contributed by atoms with Crippen molar-refractivity contribution in [2.24, 2.45) is 0 Å². The molecule has 0 aliphatic carbocycles. The van der Waals surface area contributed by atoms with E-state index >= 15 is 0 Å². The number of amides is 1. The predicted octanol–water partition coefficient (Wildman–Crippen LogP) is 3.37. The molecule has 0 bridgehead atoms. The van der Waals surface area contributed by atoms with E-state index in [1.54, 1.807) is 19.1 Å². The minimum atomic E-state index is -0.240. The highest BCUT2D eigenvalue weighted by molar-refractivity contribution is 5.92. The zero-order chi connectivity index (χ0) is 16.9. The lowest BCUT2D eigenvalue weighted by Crippen LogP contribution is -2.20. The van der Waals surface area contributed by atoms with Crippen LogP contribution in [0.4, 0.5) is 5.69 Å². The fourth-order valence-electron chi connectivity index (χ4n) is 2.20. The first-order valence-corrected chi connectivity index (χ1v) is 7.50. The number of aromatic nitrogens is 2. The van der Waals surface area contributed by atoms with Gasteiger partial charge in [0.25, 0.3) is 11.8 Å². The van der Waals surface area contributed by atoms with Crippen molar-refractivity contribution in [3.8, 4) is 17.2 Å². The highest BCUT2D eigenvalue weighted by Crippen LogP contribution is 2.21. The van der Waals surface area contributed by atoms with Gasteiger partial charge in [0.05, 0.1) is 0 Å². The molecule has 24 heavy (non-hydrogen) atoms. The lowest BCUT2D eigenvalue weighted by molar-refractivity contribution is -0.118. The number of carbonyl (C=O) groups excluding carboxylic acids is 1. The summed E-state index contributed by atoms with van der Waals surface area (Å²) >= 11 is 0. The Hall–Kier alpha value is -3.15. The monoisotopic (exact) mass is 323 g/mol. The number of anilines is 1. The van der Waals surface area contributed by atoms with Gasteiger partial charge in [0.1, 0.15) is 5.75 Å². The number of aryl methyl sites for hydroxylation is 2. The summed E-state index contributed by atoms with van der Waals surface area (Å²) < 4.78 is 10.6. The maximum absolute atomic E-state index is 12.0. The molecule has 0 spiro atoms. The van der Waals surface area contributed by atoms with Gasteiger partial charge in [-0.15, -0.1) is 0 Å². The van der Waals surface area contributed by atoms with Crippen LogP contribution in [0.2, 0.25) is 0 Å². The van der Waals surface area contributed by atoms with E-state index in [0.29, 0.717) is 23.2 Å². The molecular weight excluding hydrogens is 306 g/mol.